The zero-order chi connectivity index (χ0) is 21.0. The Balaban J connectivity index is 3.57. The molecule has 166 valence electrons. The molecule has 0 aliphatic rings. The number of carbonyl (C=O) groups excluding carboxylic acids is 2. The Morgan fingerprint density at radius 3 is 1.29 bits per heavy atom. The first-order valence-electron chi connectivity index (χ1n) is 11.1. The zero-order valence-electron chi connectivity index (χ0n) is 18.5. The number of carbonyl (C=O) groups is 2. The Morgan fingerprint density at radius 2 is 0.964 bits per heavy atom. The standard InChI is InChI=1S/C22H42O6/c1-5-9-11-19(7-3)21(23)27-17-15-25-13-14-26-16-18-28-22(24)20(8-4)12-10-6-2/h19-20H,5-18H2,1-4H3/t19-,20-/m0/s1. The lowest BCUT2D eigenvalue weighted by molar-refractivity contribution is -0.152. The summed E-state index contributed by atoms with van der Waals surface area (Å²) < 4.78 is 21.3. The second-order valence-corrected chi connectivity index (χ2v) is 7.05. The molecule has 6 heteroatoms. The van der Waals surface area contributed by atoms with Crippen molar-refractivity contribution in [1.82, 2.24) is 0 Å². The summed E-state index contributed by atoms with van der Waals surface area (Å²) in [4.78, 5) is 23.9. The average molecular weight is 403 g/mol. The van der Waals surface area contributed by atoms with Crippen LogP contribution in [0.5, 0.6) is 0 Å². The van der Waals surface area contributed by atoms with E-state index in [0.717, 1.165) is 51.4 Å². The molecule has 0 aromatic carbocycles. The topological polar surface area (TPSA) is 71.1 Å². The van der Waals surface area contributed by atoms with Crippen molar-refractivity contribution in [2.24, 2.45) is 11.8 Å². The van der Waals surface area contributed by atoms with Crippen LogP contribution in [-0.2, 0) is 28.5 Å². The number of unbranched alkanes of at least 4 members (excludes halogenated alkanes) is 2. The molecule has 0 aromatic rings. The van der Waals surface area contributed by atoms with E-state index < -0.39 is 0 Å². The predicted molar refractivity (Wildman–Crippen MR) is 110 cm³/mol. The van der Waals surface area contributed by atoms with Gasteiger partial charge in [0.25, 0.3) is 0 Å². The minimum Gasteiger partial charge on any atom is -0.463 e. The summed E-state index contributed by atoms with van der Waals surface area (Å²) in [7, 11) is 0. The van der Waals surface area contributed by atoms with Crippen molar-refractivity contribution < 1.29 is 28.5 Å². The summed E-state index contributed by atoms with van der Waals surface area (Å²) in [5.74, 6) is -0.246. The first-order chi connectivity index (χ1) is 13.6. The highest BCUT2D eigenvalue weighted by atomic mass is 16.6. The zero-order valence-corrected chi connectivity index (χ0v) is 18.5. The fourth-order valence-corrected chi connectivity index (χ4v) is 2.84. The third-order valence-corrected chi connectivity index (χ3v) is 4.78. The molecular weight excluding hydrogens is 360 g/mol. The van der Waals surface area contributed by atoms with E-state index in [1.54, 1.807) is 0 Å². The summed E-state index contributed by atoms with van der Waals surface area (Å²) in [6.07, 6.45) is 7.69. The molecule has 0 aliphatic carbocycles. The van der Waals surface area contributed by atoms with Crippen molar-refractivity contribution in [1.29, 1.82) is 0 Å². The van der Waals surface area contributed by atoms with E-state index in [0.29, 0.717) is 26.4 Å². The van der Waals surface area contributed by atoms with Crippen molar-refractivity contribution in [3.63, 3.8) is 0 Å². The van der Waals surface area contributed by atoms with Gasteiger partial charge in [0.2, 0.25) is 0 Å². The van der Waals surface area contributed by atoms with E-state index in [4.69, 9.17) is 18.9 Å². The summed E-state index contributed by atoms with van der Waals surface area (Å²) in [6.45, 7) is 10.4. The molecule has 2 atom stereocenters. The normalized spacial score (nSPS) is 13.1. The summed E-state index contributed by atoms with van der Waals surface area (Å²) in [5.41, 5.74) is 0. The van der Waals surface area contributed by atoms with Crippen LogP contribution in [0.2, 0.25) is 0 Å². The van der Waals surface area contributed by atoms with E-state index in [1.807, 2.05) is 13.8 Å². The SMILES string of the molecule is CCCC[C@H](CC)C(=O)OCCOCCOCCOC(=O)[C@@H](CC)CCCC. The Morgan fingerprint density at radius 1 is 0.607 bits per heavy atom. The number of ether oxygens (including phenoxy) is 4. The summed E-state index contributed by atoms with van der Waals surface area (Å²) in [5, 5.41) is 0. The number of esters is 2. The maximum atomic E-state index is 11.9. The minimum atomic E-state index is -0.123. The van der Waals surface area contributed by atoms with Crippen LogP contribution in [0.3, 0.4) is 0 Å². The van der Waals surface area contributed by atoms with Gasteiger partial charge < -0.3 is 18.9 Å². The van der Waals surface area contributed by atoms with Gasteiger partial charge in [-0.1, -0.05) is 53.4 Å². The molecule has 0 aromatic heterocycles. The Bertz CT molecular complexity index is 349. The van der Waals surface area contributed by atoms with E-state index in [-0.39, 0.29) is 37.0 Å². The van der Waals surface area contributed by atoms with Crippen LogP contribution in [0.15, 0.2) is 0 Å². The van der Waals surface area contributed by atoms with Crippen molar-refractivity contribution >= 4 is 11.9 Å². The molecule has 0 heterocycles. The van der Waals surface area contributed by atoms with Gasteiger partial charge in [0.1, 0.15) is 13.2 Å². The highest BCUT2D eigenvalue weighted by Crippen LogP contribution is 2.15. The van der Waals surface area contributed by atoms with Crippen molar-refractivity contribution in [3.8, 4) is 0 Å². The highest BCUT2D eigenvalue weighted by Gasteiger charge is 2.17. The Labute approximate surface area is 171 Å². The Kier molecular flexibility index (Phi) is 18.4. The van der Waals surface area contributed by atoms with E-state index >= 15 is 0 Å². The number of rotatable bonds is 19. The molecule has 0 N–H and O–H groups in total. The lowest BCUT2D eigenvalue weighted by Crippen LogP contribution is -2.21. The molecule has 0 saturated carbocycles. The van der Waals surface area contributed by atoms with Crippen molar-refractivity contribution in [3.05, 3.63) is 0 Å². The highest BCUT2D eigenvalue weighted by molar-refractivity contribution is 5.72. The minimum absolute atomic E-state index is 0.000252. The van der Waals surface area contributed by atoms with Gasteiger partial charge in [-0.05, 0) is 25.7 Å². The van der Waals surface area contributed by atoms with Crippen LogP contribution in [0.4, 0.5) is 0 Å². The van der Waals surface area contributed by atoms with Gasteiger partial charge >= 0.3 is 11.9 Å². The van der Waals surface area contributed by atoms with Gasteiger partial charge in [0, 0.05) is 0 Å². The van der Waals surface area contributed by atoms with Gasteiger partial charge in [0.05, 0.1) is 38.3 Å². The second kappa shape index (κ2) is 19.2. The molecule has 0 spiro atoms. The number of hydrogen-bond donors (Lipinski definition) is 0. The predicted octanol–water partition coefficient (Wildman–Crippen LogP) is 4.54. The number of hydrogen-bond acceptors (Lipinski definition) is 6. The molecule has 6 nitrogen and oxygen atoms in total. The third-order valence-electron chi connectivity index (χ3n) is 4.78. The molecular formula is C22H42O6. The van der Waals surface area contributed by atoms with Gasteiger partial charge in [-0.3, -0.25) is 9.59 Å². The van der Waals surface area contributed by atoms with Crippen LogP contribution in [0, 0.1) is 11.8 Å². The van der Waals surface area contributed by atoms with Crippen molar-refractivity contribution in [2.75, 3.05) is 39.6 Å². The van der Waals surface area contributed by atoms with Crippen LogP contribution in [0.1, 0.15) is 79.1 Å². The van der Waals surface area contributed by atoms with E-state index in [2.05, 4.69) is 13.8 Å². The van der Waals surface area contributed by atoms with Gasteiger partial charge in [-0.2, -0.15) is 0 Å². The molecule has 0 radical (unpaired) electrons. The second-order valence-electron chi connectivity index (χ2n) is 7.05. The summed E-state index contributed by atoms with van der Waals surface area (Å²) >= 11 is 0. The first kappa shape index (κ1) is 26.9. The van der Waals surface area contributed by atoms with Gasteiger partial charge in [-0.25, -0.2) is 0 Å². The summed E-state index contributed by atoms with van der Waals surface area (Å²) in [6, 6.07) is 0. The van der Waals surface area contributed by atoms with Crippen LogP contribution < -0.4 is 0 Å². The fraction of sp³-hybridized carbons (Fsp3) is 0.909. The van der Waals surface area contributed by atoms with Gasteiger partial charge in [0.15, 0.2) is 0 Å². The molecule has 0 fully saturated rings. The first-order valence-corrected chi connectivity index (χ1v) is 11.1. The van der Waals surface area contributed by atoms with E-state index in [9.17, 15) is 9.59 Å². The lowest BCUT2D eigenvalue weighted by atomic mass is 10.00. The lowest BCUT2D eigenvalue weighted by Gasteiger charge is -2.14. The Hall–Kier alpha value is -1.14. The van der Waals surface area contributed by atoms with Crippen LogP contribution in [-0.4, -0.2) is 51.6 Å². The van der Waals surface area contributed by atoms with Crippen LogP contribution >= 0.6 is 0 Å². The average Bonchev–Trinajstić information content (AvgIpc) is 2.70. The van der Waals surface area contributed by atoms with Crippen molar-refractivity contribution in [2.45, 2.75) is 79.1 Å². The molecule has 0 rings (SSSR count). The quantitative estimate of drug-likeness (QED) is 0.233. The fourth-order valence-electron chi connectivity index (χ4n) is 2.84. The molecule has 0 amide bonds. The molecule has 0 saturated heterocycles. The smallest absolute Gasteiger partial charge is 0.308 e. The van der Waals surface area contributed by atoms with Crippen LogP contribution in [0.25, 0.3) is 0 Å². The van der Waals surface area contributed by atoms with E-state index in [1.165, 1.54) is 0 Å². The maximum Gasteiger partial charge on any atom is 0.308 e. The molecule has 0 unspecified atom stereocenters. The molecule has 28 heavy (non-hydrogen) atoms. The van der Waals surface area contributed by atoms with Gasteiger partial charge in [-0.15, -0.1) is 0 Å². The molecule has 0 bridgehead atoms. The largest absolute Gasteiger partial charge is 0.463 e. The third kappa shape index (κ3) is 13.9. The maximum absolute atomic E-state index is 11.9. The monoisotopic (exact) mass is 402 g/mol. The molecule has 0 aliphatic heterocycles.